The number of hydrogen-bond acceptors (Lipinski definition) is 3. The van der Waals surface area contributed by atoms with Crippen molar-refractivity contribution < 1.29 is 14.6 Å². The molecule has 0 saturated heterocycles. The summed E-state index contributed by atoms with van der Waals surface area (Å²) >= 11 is 0. The molecule has 0 bridgehead atoms. The smallest absolute Gasteiger partial charge is 0.293 e. The number of unbranched alkanes of at least 4 members (excludes halogenated alkanes) is 3. The number of hydrogen-bond donors (Lipinski definition) is 1. The highest BCUT2D eigenvalue weighted by molar-refractivity contribution is 5.38. The van der Waals surface area contributed by atoms with Gasteiger partial charge in [0.2, 0.25) is 0 Å². The van der Waals surface area contributed by atoms with Gasteiger partial charge in [0.15, 0.2) is 0 Å². The molecule has 81 valence electrons. The minimum atomic E-state index is -0.151. The molecule has 0 saturated carbocycles. The fraction of sp³-hybridized carbons (Fsp3) is 0.636. The topological polar surface area (TPSA) is 46.5 Å². The largest absolute Gasteiger partial charge is 0.464 e. The van der Waals surface area contributed by atoms with Crippen LogP contribution in [0.1, 0.15) is 32.6 Å². The number of rotatable bonds is 10. The van der Waals surface area contributed by atoms with Gasteiger partial charge in [0.25, 0.3) is 6.47 Å². The van der Waals surface area contributed by atoms with Gasteiger partial charge in [-0.15, -0.1) is 0 Å². The van der Waals surface area contributed by atoms with Crippen LogP contribution in [0.3, 0.4) is 0 Å². The van der Waals surface area contributed by atoms with E-state index < -0.39 is 0 Å². The zero-order valence-electron chi connectivity index (χ0n) is 8.69. The second-order valence-corrected chi connectivity index (χ2v) is 3.07. The summed E-state index contributed by atoms with van der Waals surface area (Å²) in [5, 5.41) is 8.51. The maximum absolute atomic E-state index is 10.2. The van der Waals surface area contributed by atoms with Crippen LogP contribution in [0.25, 0.3) is 0 Å². The molecule has 3 heteroatoms. The zero-order chi connectivity index (χ0) is 10.6. The summed E-state index contributed by atoms with van der Waals surface area (Å²) < 4.78 is 4.87. The molecule has 14 heavy (non-hydrogen) atoms. The standard InChI is InChI=1S/C11H19O3/c1-2-3-4-7-11(14-10-13)8-5-6-9-12/h5-6,8,10-12H,2-4,7,9H2,1H3. The van der Waals surface area contributed by atoms with Crippen LogP contribution in [0.5, 0.6) is 0 Å². The third kappa shape index (κ3) is 8.05. The van der Waals surface area contributed by atoms with Gasteiger partial charge in [-0.1, -0.05) is 19.8 Å². The maximum Gasteiger partial charge on any atom is 0.293 e. The quantitative estimate of drug-likeness (QED) is 0.430. The average molecular weight is 199 g/mol. The fourth-order valence-electron chi connectivity index (χ4n) is 1.14. The third-order valence-corrected chi connectivity index (χ3v) is 1.89. The predicted octanol–water partition coefficient (Wildman–Crippen LogP) is 1.71. The number of carbonyl (C=O) groups excluding carboxylic acids is 1. The van der Waals surface area contributed by atoms with Gasteiger partial charge in [-0.3, -0.25) is 4.79 Å². The second-order valence-electron chi connectivity index (χ2n) is 3.07. The van der Waals surface area contributed by atoms with E-state index >= 15 is 0 Å². The Morgan fingerprint density at radius 1 is 1.43 bits per heavy atom. The van der Waals surface area contributed by atoms with Gasteiger partial charge in [0.05, 0.1) is 0 Å². The summed E-state index contributed by atoms with van der Waals surface area (Å²) in [6, 6.07) is 0. The highest BCUT2D eigenvalue weighted by atomic mass is 16.5. The molecule has 0 aromatic carbocycles. The first kappa shape index (κ1) is 13.4. The molecule has 3 radical (unpaired) electrons. The van der Waals surface area contributed by atoms with Gasteiger partial charge in [-0.25, -0.2) is 0 Å². The highest BCUT2D eigenvalue weighted by Gasteiger charge is 2.08. The minimum absolute atomic E-state index is 0.0132. The summed E-state index contributed by atoms with van der Waals surface area (Å²) in [5.74, 6) is 0. The van der Waals surface area contributed by atoms with Crippen molar-refractivity contribution in [1.29, 1.82) is 0 Å². The van der Waals surface area contributed by atoms with Crippen LogP contribution >= 0.6 is 0 Å². The fourth-order valence-corrected chi connectivity index (χ4v) is 1.14. The monoisotopic (exact) mass is 199 g/mol. The van der Waals surface area contributed by atoms with E-state index in [4.69, 9.17) is 9.84 Å². The Labute approximate surface area is 86.5 Å². The lowest BCUT2D eigenvalue weighted by atomic mass is 10.1. The zero-order valence-corrected chi connectivity index (χ0v) is 8.69. The first-order valence-electron chi connectivity index (χ1n) is 5.05. The van der Waals surface area contributed by atoms with E-state index in [9.17, 15) is 4.79 Å². The molecule has 0 aliphatic carbocycles. The second kappa shape index (κ2) is 10.5. The molecule has 1 atom stereocenters. The van der Waals surface area contributed by atoms with Crippen LogP contribution in [0.2, 0.25) is 0 Å². The summed E-state index contributed by atoms with van der Waals surface area (Å²) in [7, 11) is 0. The van der Waals surface area contributed by atoms with Gasteiger partial charge < -0.3 is 9.84 Å². The van der Waals surface area contributed by atoms with Crippen molar-refractivity contribution in [2.45, 2.75) is 38.7 Å². The van der Waals surface area contributed by atoms with Crippen molar-refractivity contribution in [2.75, 3.05) is 6.61 Å². The molecule has 1 unspecified atom stereocenters. The summed E-state index contributed by atoms with van der Waals surface area (Å²) in [4.78, 5) is 10.2. The molecule has 0 heterocycles. The number of carbonyl (C=O) groups is 1. The Balaban J connectivity index is 3.49. The molecule has 0 aromatic heterocycles. The lowest BCUT2D eigenvalue weighted by molar-refractivity contribution is -0.132. The van der Waals surface area contributed by atoms with Crippen molar-refractivity contribution in [2.24, 2.45) is 0 Å². The highest BCUT2D eigenvalue weighted by Crippen LogP contribution is 2.10. The van der Waals surface area contributed by atoms with Crippen LogP contribution in [0, 0.1) is 19.3 Å². The van der Waals surface area contributed by atoms with Crippen LogP contribution in [-0.4, -0.2) is 24.3 Å². The average Bonchev–Trinajstić information content (AvgIpc) is 2.18. The van der Waals surface area contributed by atoms with Crippen molar-refractivity contribution in [1.82, 2.24) is 0 Å². The van der Waals surface area contributed by atoms with Crippen molar-refractivity contribution >= 4 is 6.47 Å². The Morgan fingerprint density at radius 2 is 2.21 bits per heavy atom. The van der Waals surface area contributed by atoms with Crippen molar-refractivity contribution in [3.63, 3.8) is 0 Å². The van der Waals surface area contributed by atoms with Gasteiger partial charge in [-0.2, -0.15) is 0 Å². The first-order chi connectivity index (χ1) is 6.85. The summed E-state index contributed by atoms with van der Waals surface area (Å²) in [5.41, 5.74) is 0. The SMILES string of the molecule is CCCCCC([CH][CH][CH]CO)OC=O. The molecule has 0 fully saturated rings. The summed E-state index contributed by atoms with van der Waals surface area (Å²) in [6.45, 7) is 2.62. The number of ether oxygens (including phenoxy) is 1. The molecule has 3 nitrogen and oxygen atoms in total. The van der Waals surface area contributed by atoms with Crippen LogP contribution < -0.4 is 0 Å². The van der Waals surface area contributed by atoms with Crippen molar-refractivity contribution in [3.05, 3.63) is 19.3 Å². The van der Waals surface area contributed by atoms with Crippen LogP contribution in [0.15, 0.2) is 0 Å². The number of aliphatic hydroxyl groups excluding tert-OH is 1. The van der Waals surface area contributed by atoms with E-state index in [1.54, 1.807) is 19.3 Å². The Bertz CT molecular complexity index is 116. The van der Waals surface area contributed by atoms with Gasteiger partial charge >= 0.3 is 0 Å². The van der Waals surface area contributed by atoms with E-state index in [1.165, 1.54) is 0 Å². The van der Waals surface area contributed by atoms with E-state index in [0.29, 0.717) is 6.47 Å². The van der Waals surface area contributed by atoms with E-state index in [2.05, 4.69) is 6.92 Å². The van der Waals surface area contributed by atoms with Crippen LogP contribution in [0.4, 0.5) is 0 Å². The summed E-state index contributed by atoms with van der Waals surface area (Å²) in [6.07, 6.45) is 9.18. The molecule has 0 aliphatic heterocycles. The van der Waals surface area contributed by atoms with Crippen LogP contribution in [-0.2, 0) is 9.53 Å². The van der Waals surface area contributed by atoms with Crippen molar-refractivity contribution in [3.8, 4) is 0 Å². The molecule has 0 aromatic rings. The van der Waals surface area contributed by atoms with Gasteiger partial charge in [-0.05, 0) is 25.7 Å². The molecular formula is C11H19O3. The lowest BCUT2D eigenvalue weighted by Crippen LogP contribution is -2.13. The normalized spacial score (nSPS) is 12.4. The molecule has 0 aliphatic rings. The molecule has 0 rings (SSSR count). The first-order valence-corrected chi connectivity index (χ1v) is 5.05. The minimum Gasteiger partial charge on any atom is -0.464 e. The Kier molecular flexibility index (Phi) is 10.1. The number of aliphatic hydroxyl groups is 1. The lowest BCUT2D eigenvalue weighted by Gasteiger charge is -2.13. The molecule has 0 spiro atoms. The third-order valence-electron chi connectivity index (χ3n) is 1.89. The van der Waals surface area contributed by atoms with E-state index in [1.807, 2.05) is 0 Å². The Morgan fingerprint density at radius 3 is 2.79 bits per heavy atom. The predicted molar refractivity (Wildman–Crippen MR) is 55.1 cm³/mol. The van der Waals surface area contributed by atoms with E-state index in [-0.39, 0.29) is 12.7 Å². The maximum atomic E-state index is 10.2. The molecule has 1 N–H and O–H groups in total. The van der Waals surface area contributed by atoms with E-state index in [0.717, 1.165) is 25.7 Å². The van der Waals surface area contributed by atoms with Gasteiger partial charge in [0.1, 0.15) is 6.10 Å². The molecular weight excluding hydrogens is 180 g/mol. The molecule has 0 amide bonds. The van der Waals surface area contributed by atoms with Gasteiger partial charge in [0, 0.05) is 13.0 Å². The Hall–Kier alpha value is -0.570.